The van der Waals surface area contributed by atoms with Crippen molar-refractivity contribution in [1.29, 1.82) is 0 Å². The van der Waals surface area contributed by atoms with Crippen molar-refractivity contribution in [1.82, 2.24) is 0 Å². The van der Waals surface area contributed by atoms with Gasteiger partial charge in [0.05, 0.1) is 0 Å². The van der Waals surface area contributed by atoms with Crippen LogP contribution in [0.2, 0.25) is 0 Å². The Kier molecular flexibility index (Phi) is 3.70. The molecule has 4 heteroatoms. The number of aliphatic imine (C=N–C) groups is 1. The number of hydrogen-bond acceptors (Lipinski definition) is 3. The van der Waals surface area contributed by atoms with Crippen molar-refractivity contribution in [2.24, 2.45) is 4.99 Å². The van der Waals surface area contributed by atoms with E-state index in [1.165, 1.54) is 17.7 Å². The Morgan fingerprint density at radius 3 is 3.07 bits per heavy atom. The number of anilines is 1. The van der Waals surface area contributed by atoms with E-state index >= 15 is 0 Å². The van der Waals surface area contributed by atoms with Gasteiger partial charge in [-0.3, -0.25) is 4.99 Å². The van der Waals surface area contributed by atoms with Crippen LogP contribution in [0.5, 0.6) is 0 Å². The van der Waals surface area contributed by atoms with Gasteiger partial charge in [-0.1, -0.05) is 33.8 Å². The summed E-state index contributed by atoms with van der Waals surface area (Å²) in [5.74, 6) is 1.17. The molecule has 0 aromatic heterocycles. The maximum atomic E-state index is 4.45. The van der Waals surface area contributed by atoms with Gasteiger partial charge in [0, 0.05) is 22.5 Å². The second-order valence-corrected chi connectivity index (χ2v) is 5.36. The van der Waals surface area contributed by atoms with Crippen molar-refractivity contribution >= 4 is 38.5 Å². The minimum Gasteiger partial charge on any atom is -0.335 e. The van der Waals surface area contributed by atoms with Crippen LogP contribution in [0.4, 0.5) is 5.69 Å². The fraction of sp³-hybridized carbons (Fsp3) is 0.364. The number of nitrogens with one attached hydrogen (secondary N) is 1. The van der Waals surface area contributed by atoms with Crippen LogP contribution in [0, 0.1) is 6.92 Å². The van der Waals surface area contributed by atoms with Gasteiger partial charge < -0.3 is 5.32 Å². The van der Waals surface area contributed by atoms with E-state index in [-0.39, 0.29) is 0 Å². The Balaban J connectivity index is 2.16. The molecule has 0 amide bonds. The molecule has 0 bridgehead atoms. The molecule has 0 saturated carbocycles. The van der Waals surface area contributed by atoms with Crippen LogP contribution < -0.4 is 5.32 Å². The molecule has 0 unspecified atom stereocenters. The van der Waals surface area contributed by atoms with Gasteiger partial charge in [-0.15, -0.1) is 0 Å². The highest BCUT2D eigenvalue weighted by Gasteiger charge is 2.08. The molecule has 1 aliphatic rings. The molecule has 1 aliphatic heterocycles. The summed E-state index contributed by atoms with van der Waals surface area (Å²) in [5.41, 5.74) is 2.36. The van der Waals surface area contributed by atoms with Gasteiger partial charge in [0.2, 0.25) is 0 Å². The van der Waals surface area contributed by atoms with E-state index in [2.05, 4.69) is 45.3 Å². The SMILES string of the molecule is Cc1c(Br)cccc1NC1=NCCCS1. The molecule has 1 aromatic rings. The van der Waals surface area contributed by atoms with E-state index in [1.54, 1.807) is 11.8 Å². The standard InChI is InChI=1S/C11H13BrN2S/c1-8-9(12)4-2-5-10(8)14-11-13-6-3-7-15-11/h2,4-5H,3,6-7H2,1H3,(H,13,14). The molecule has 1 heterocycles. The average Bonchev–Trinajstić information content (AvgIpc) is 2.26. The van der Waals surface area contributed by atoms with Gasteiger partial charge in [-0.05, 0) is 31.0 Å². The van der Waals surface area contributed by atoms with Crippen molar-refractivity contribution in [3.63, 3.8) is 0 Å². The molecule has 1 N–H and O–H groups in total. The number of hydrogen-bond donors (Lipinski definition) is 1. The van der Waals surface area contributed by atoms with Gasteiger partial charge in [-0.25, -0.2) is 0 Å². The topological polar surface area (TPSA) is 24.4 Å². The first kappa shape index (κ1) is 11.0. The summed E-state index contributed by atoms with van der Waals surface area (Å²) in [7, 11) is 0. The Hall–Kier alpha value is -0.480. The van der Waals surface area contributed by atoms with E-state index < -0.39 is 0 Å². The Bertz CT molecular complexity index is 390. The molecular formula is C11H13BrN2S. The number of halogens is 1. The van der Waals surface area contributed by atoms with Crippen LogP contribution in [0.3, 0.4) is 0 Å². The normalized spacial score (nSPS) is 16.0. The number of rotatable bonds is 1. The molecule has 1 aromatic carbocycles. The molecule has 0 spiro atoms. The lowest BCUT2D eigenvalue weighted by Crippen LogP contribution is -2.14. The van der Waals surface area contributed by atoms with Crippen molar-refractivity contribution in [2.75, 3.05) is 17.6 Å². The Morgan fingerprint density at radius 2 is 2.33 bits per heavy atom. The fourth-order valence-electron chi connectivity index (χ4n) is 1.39. The van der Waals surface area contributed by atoms with E-state index in [9.17, 15) is 0 Å². The quantitative estimate of drug-likeness (QED) is 0.851. The van der Waals surface area contributed by atoms with Gasteiger partial charge >= 0.3 is 0 Å². The lowest BCUT2D eigenvalue weighted by atomic mass is 10.2. The number of nitrogens with zero attached hydrogens (tertiary/aromatic N) is 1. The highest BCUT2D eigenvalue weighted by atomic mass is 79.9. The third-order valence-corrected chi connectivity index (χ3v) is 4.16. The molecule has 0 radical (unpaired) electrons. The van der Waals surface area contributed by atoms with Crippen LogP contribution in [0.15, 0.2) is 27.7 Å². The summed E-state index contributed by atoms with van der Waals surface area (Å²) in [5, 5.41) is 4.42. The molecule has 15 heavy (non-hydrogen) atoms. The zero-order valence-electron chi connectivity index (χ0n) is 8.59. The van der Waals surface area contributed by atoms with Gasteiger partial charge in [-0.2, -0.15) is 0 Å². The lowest BCUT2D eigenvalue weighted by Gasteiger charge is -2.15. The number of benzene rings is 1. The van der Waals surface area contributed by atoms with Gasteiger partial charge in [0.1, 0.15) is 0 Å². The zero-order chi connectivity index (χ0) is 10.7. The molecular weight excluding hydrogens is 272 g/mol. The molecule has 2 rings (SSSR count). The summed E-state index contributed by atoms with van der Waals surface area (Å²) in [6, 6.07) is 6.17. The highest BCUT2D eigenvalue weighted by Crippen LogP contribution is 2.25. The van der Waals surface area contributed by atoms with Crippen LogP contribution in [0.1, 0.15) is 12.0 Å². The zero-order valence-corrected chi connectivity index (χ0v) is 11.0. The summed E-state index contributed by atoms with van der Waals surface area (Å²) in [6.45, 7) is 3.04. The largest absolute Gasteiger partial charge is 0.335 e. The minimum atomic E-state index is 0.947. The van der Waals surface area contributed by atoms with E-state index in [1.807, 2.05) is 6.07 Å². The summed E-state index contributed by atoms with van der Waals surface area (Å²) in [6.07, 6.45) is 1.19. The molecule has 0 fully saturated rings. The summed E-state index contributed by atoms with van der Waals surface area (Å²) < 4.78 is 1.13. The second-order valence-electron chi connectivity index (χ2n) is 3.43. The first-order chi connectivity index (χ1) is 7.27. The molecule has 80 valence electrons. The first-order valence-electron chi connectivity index (χ1n) is 4.97. The minimum absolute atomic E-state index is 0.947. The smallest absolute Gasteiger partial charge is 0.161 e. The molecule has 0 aliphatic carbocycles. The monoisotopic (exact) mass is 284 g/mol. The lowest BCUT2D eigenvalue weighted by molar-refractivity contribution is 0.938. The van der Waals surface area contributed by atoms with Gasteiger partial charge in [0.25, 0.3) is 0 Å². The first-order valence-corrected chi connectivity index (χ1v) is 6.74. The van der Waals surface area contributed by atoms with Crippen LogP contribution >= 0.6 is 27.7 Å². The molecule has 0 saturated heterocycles. The van der Waals surface area contributed by atoms with Crippen LogP contribution in [0.25, 0.3) is 0 Å². The van der Waals surface area contributed by atoms with Crippen LogP contribution in [-0.4, -0.2) is 17.5 Å². The van der Waals surface area contributed by atoms with Crippen molar-refractivity contribution in [3.8, 4) is 0 Å². The third kappa shape index (κ3) is 2.75. The summed E-state index contributed by atoms with van der Waals surface area (Å²) in [4.78, 5) is 4.45. The number of amidine groups is 1. The van der Waals surface area contributed by atoms with E-state index in [0.717, 1.165) is 21.9 Å². The average molecular weight is 285 g/mol. The van der Waals surface area contributed by atoms with Gasteiger partial charge in [0.15, 0.2) is 5.17 Å². The third-order valence-electron chi connectivity index (χ3n) is 2.31. The summed E-state index contributed by atoms with van der Waals surface area (Å²) >= 11 is 5.32. The fourth-order valence-corrected chi connectivity index (χ4v) is 2.59. The predicted molar refractivity (Wildman–Crippen MR) is 71.9 cm³/mol. The molecule has 0 atom stereocenters. The predicted octanol–water partition coefficient (Wildman–Crippen LogP) is 3.66. The Labute approximate surface area is 103 Å². The number of thioether (sulfide) groups is 1. The Morgan fingerprint density at radius 1 is 1.47 bits per heavy atom. The van der Waals surface area contributed by atoms with E-state index in [0.29, 0.717) is 0 Å². The van der Waals surface area contributed by atoms with Crippen molar-refractivity contribution in [2.45, 2.75) is 13.3 Å². The maximum Gasteiger partial charge on any atom is 0.161 e. The van der Waals surface area contributed by atoms with E-state index in [4.69, 9.17) is 0 Å². The van der Waals surface area contributed by atoms with Crippen molar-refractivity contribution in [3.05, 3.63) is 28.2 Å². The highest BCUT2D eigenvalue weighted by molar-refractivity contribution is 9.10. The van der Waals surface area contributed by atoms with Crippen molar-refractivity contribution < 1.29 is 0 Å². The second kappa shape index (κ2) is 5.03. The molecule has 2 nitrogen and oxygen atoms in total. The van der Waals surface area contributed by atoms with Crippen LogP contribution in [-0.2, 0) is 0 Å². The maximum absolute atomic E-state index is 4.45.